The van der Waals surface area contributed by atoms with Gasteiger partial charge in [0.25, 0.3) is 5.91 Å². The molecule has 1 N–H and O–H groups in total. The summed E-state index contributed by atoms with van der Waals surface area (Å²) in [5.41, 5.74) is 1.36. The second kappa shape index (κ2) is 9.15. The fraction of sp³-hybridized carbons (Fsp3) is 0.429. The Morgan fingerprint density at radius 2 is 1.90 bits per heavy atom. The first-order valence-electron chi connectivity index (χ1n) is 9.14. The Kier molecular flexibility index (Phi) is 7.11. The van der Waals surface area contributed by atoms with E-state index in [2.05, 4.69) is 31.1 Å². The SMILES string of the molecule is CC(Oc1cccc(C(C)(C)C)c1)C(=O)NCc1cccnc1OCC(F)(F)F. The van der Waals surface area contributed by atoms with Gasteiger partial charge in [-0.25, -0.2) is 4.98 Å². The molecule has 0 radical (unpaired) electrons. The fourth-order valence-corrected chi connectivity index (χ4v) is 2.46. The van der Waals surface area contributed by atoms with Crippen LogP contribution in [0.4, 0.5) is 13.2 Å². The topological polar surface area (TPSA) is 60.5 Å². The van der Waals surface area contributed by atoms with E-state index in [9.17, 15) is 18.0 Å². The van der Waals surface area contributed by atoms with Crippen molar-refractivity contribution in [2.75, 3.05) is 6.61 Å². The van der Waals surface area contributed by atoms with Gasteiger partial charge in [0.2, 0.25) is 5.88 Å². The summed E-state index contributed by atoms with van der Waals surface area (Å²) < 4.78 is 47.5. The van der Waals surface area contributed by atoms with Crippen molar-refractivity contribution in [1.82, 2.24) is 10.3 Å². The van der Waals surface area contributed by atoms with E-state index in [1.807, 2.05) is 18.2 Å². The van der Waals surface area contributed by atoms with Crippen LogP contribution in [0.2, 0.25) is 0 Å². The van der Waals surface area contributed by atoms with Crippen molar-refractivity contribution < 1.29 is 27.4 Å². The zero-order valence-electron chi connectivity index (χ0n) is 16.8. The zero-order chi connectivity index (χ0) is 21.7. The Balaban J connectivity index is 1.96. The van der Waals surface area contributed by atoms with Crippen LogP contribution in [0.1, 0.15) is 38.8 Å². The number of nitrogens with zero attached hydrogens (tertiary/aromatic N) is 1. The Morgan fingerprint density at radius 1 is 1.17 bits per heavy atom. The van der Waals surface area contributed by atoms with Crippen molar-refractivity contribution in [3.63, 3.8) is 0 Å². The third-order valence-corrected chi connectivity index (χ3v) is 4.06. The van der Waals surface area contributed by atoms with Gasteiger partial charge < -0.3 is 14.8 Å². The number of amides is 1. The van der Waals surface area contributed by atoms with Crippen LogP contribution in [-0.4, -0.2) is 29.8 Å². The Bertz CT molecular complexity index is 832. The molecule has 0 aliphatic heterocycles. The van der Waals surface area contributed by atoms with Gasteiger partial charge in [0.1, 0.15) is 5.75 Å². The van der Waals surface area contributed by atoms with E-state index in [-0.39, 0.29) is 17.8 Å². The van der Waals surface area contributed by atoms with Crippen molar-refractivity contribution >= 4 is 5.91 Å². The monoisotopic (exact) mass is 410 g/mol. The number of pyridine rings is 1. The molecule has 158 valence electrons. The molecule has 8 heteroatoms. The minimum absolute atomic E-state index is 0.0321. The summed E-state index contributed by atoms with van der Waals surface area (Å²) in [6.45, 7) is 6.35. The highest BCUT2D eigenvalue weighted by Crippen LogP contribution is 2.26. The van der Waals surface area contributed by atoms with E-state index in [4.69, 9.17) is 9.47 Å². The standard InChI is InChI=1S/C21H25F3N2O3/c1-14(29-17-9-5-8-16(11-17)20(2,3)4)18(27)26-12-15-7-6-10-25-19(15)28-13-21(22,23)24/h5-11,14H,12-13H2,1-4H3,(H,26,27). The van der Waals surface area contributed by atoms with E-state index >= 15 is 0 Å². The van der Waals surface area contributed by atoms with Crippen LogP contribution in [0.3, 0.4) is 0 Å². The molecule has 0 aliphatic carbocycles. The first-order chi connectivity index (χ1) is 13.5. The number of aromatic nitrogens is 1. The highest BCUT2D eigenvalue weighted by molar-refractivity contribution is 5.80. The summed E-state index contributed by atoms with van der Waals surface area (Å²) >= 11 is 0. The largest absolute Gasteiger partial charge is 0.481 e. The van der Waals surface area contributed by atoms with E-state index in [1.54, 1.807) is 19.1 Å². The first-order valence-corrected chi connectivity index (χ1v) is 9.14. The molecule has 1 aromatic carbocycles. The number of rotatable bonds is 7. The van der Waals surface area contributed by atoms with Gasteiger partial charge >= 0.3 is 6.18 Å². The lowest BCUT2D eigenvalue weighted by atomic mass is 9.87. The molecular formula is C21H25F3N2O3. The minimum atomic E-state index is -4.47. The Hall–Kier alpha value is -2.77. The third-order valence-electron chi connectivity index (χ3n) is 4.06. The van der Waals surface area contributed by atoms with Gasteiger partial charge in [0, 0.05) is 18.3 Å². The normalized spacial score (nSPS) is 12.9. The third kappa shape index (κ3) is 7.29. The molecule has 2 rings (SSSR count). The molecule has 0 fully saturated rings. The molecule has 5 nitrogen and oxygen atoms in total. The van der Waals surface area contributed by atoms with Gasteiger partial charge in [-0.05, 0) is 36.1 Å². The van der Waals surface area contributed by atoms with E-state index in [1.165, 1.54) is 12.3 Å². The summed E-state index contributed by atoms with van der Waals surface area (Å²) in [6, 6.07) is 10.6. The molecule has 29 heavy (non-hydrogen) atoms. The lowest BCUT2D eigenvalue weighted by molar-refractivity contribution is -0.154. The van der Waals surface area contributed by atoms with Gasteiger partial charge in [0.15, 0.2) is 12.7 Å². The number of carbonyl (C=O) groups is 1. The number of nitrogens with one attached hydrogen (secondary N) is 1. The summed E-state index contributed by atoms with van der Waals surface area (Å²) in [7, 11) is 0. The molecule has 0 aliphatic rings. The van der Waals surface area contributed by atoms with Gasteiger partial charge in [-0.1, -0.05) is 39.0 Å². The molecule has 1 aromatic heterocycles. The number of carbonyl (C=O) groups excluding carboxylic acids is 1. The average Bonchev–Trinajstić information content (AvgIpc) is 2.64. The second-order valence-corrected chi connectivity index (χ2v) is 7.63. The number of alkyl halides is 3. The summed E-state index contributed by atoms with van der Waals surface area (Å²) in [6.07, 6.45) is -3.94. The fourth-order valence-electron chi connectivity index (χ4n) is 2.46. The van der Waals surface area contributed by atoms with Gasteiger partial charge in [0.05, 0.1) is 0 Å². The van der Waals surface area contributed by atoms with Gasteiger partial charge in [-0.3, -0.25) is 4.79 Å². The lowest BCUT2D eigenvalue weighted by Gasteiger charge is -2.21. The van der Waals surface area contributed by atoms with Crippen LogP contribution in [0.15, 0.2) is 42.6 Å². The molecule has 1 amide bonds. The Morgan fingerprint density at radius 3 is 2.55 bits per heavy atom. The molecule has 1 heterocycles. The quantitative estimate of drug-likeness (QED) is 0.735. The van der Waals surface area contributed by atoms with Gasteiger partial charge in [-0.15, -0.1) is 0 Å². The lowest BCUT2D eigenvalue weighted by Crippen LogP contribution is -2.36. The highest BCUT2D eigenvalue weighted by Gasteiger charge is 2.29. The van der Waals surface area contributed by atoms with Crippen molar-refractivity contribution in [3.8, 4) is 11.6 Å². The van der Waals surface area contributed by atoms with Crippen molar-refractivity contribution in [2.45, 2.75) is 51.9 Å². The van der Waals surface area contributed by atoms with Crippen LogP contribution in [0, 0.1) is 0 Å². The number of benzene rings is 1. The van der Waals surface area contributed by atoms with Crippen LogP contribution < -0.4 is 14.8 Å². The molecule has 0 saturated heterocycles. The minimum Gasteiger partial charge on any atom is -0.481 e. The summed E-state index contributed by atoms with van der Waals surface area (Å²) in [5, 5.41) is 2.64. The van der Waals surface area contributed by atoms with E-state index in [0.29, 0.717) is 11.3 Å². The number of ether oxygens (including phenoxy) is 2. The molecule has 0 bridgehead atoms. The predicted octanol–water partition coefficient (Wildman–Crippen LogP) is 4.40. The second-order valence-electron chi connectivity index (χ2n) is 7.63. The molecule has 0 spiro atoms. The van der Waals surface area contributed by atoms with E-state index < -0.39 is 24.8 Å². The predicted molar refractivity (Wildman–Crippen MR) is 103 cm³/mol. The molecule has 1 atom stereocenters. The highest BCUT2D eigenvalue weighted by atomic mass is 19.4. The molecule has 0 saturated carbocycles. The maximum absolute atomic E-state index is 12.4. The zero-order valence-corrected chi connectivity index (χ0v) is 16.8. The van der Waals surface area contributed by atoms with Crippen molar-refractivity contribution in [1.29, 1.82) is 0 Å². The number of hydrogen-bond acceptors (Lipinski definition) is 4. The molecular weight excluding hydrogens is 385 g/mol. The summed E-state index contributed by atoms with van der Waals surface area (Å²) in [5.74, 6) is -0.0102. The maximum Gasteiger partial charge on any atom is 0.422 e. The van der Waals surface area contributed by atoms with Crippen LogP contribution in [0.5, 0.6) is 11.6 Å². The molecule has 1 unspecified atom stereocenters. The number of halogens is 3. The van der Waals surface area contributed by atoms with Crippen molar-refractivity contribution in [2.24, 2.45) is 0 Å². The smallest absolute Gasteiger partial charge is 0.422 e. The van der Waals surface area contributed by atoms with Crippen LogP contribution in [0.25, 0.3) is 0 Å². The average molecular weight is 410 g/mol. The maximum atomic E-state index is 12.4. The van der Waals surface area contributed by atoms with Gasteiger partial charge in [-0.2, -0.15) is 13.2 Å². The van der Waals surface area contributed by atoms with Crippen molar-refractivity contribution in [3.05, 3.63) is 53.7 Å². The molecule has 2 aromatic rings. The van der Waals surface area contributed by atoms with Crippen LogP contribution in [-0.2, 0) is 16.8 Å². The summed E-state index contributed by atoms with van der Waals surface area (Å²) in [4.78, 5) is 16.2. The number of hydrogen-bond donors (Lipinski definition) is 1. The Labute approximate surface area is 168 Å². The van der Waals surface area contributed by atoms with Crippen LogP contribution >= 0.6 is 0 Å². The first kappa shape index (κ1) is 22.5. The van der Waals surface area contributed by atoms with E-state index in [0.717, 1.165) is 5.56 Å².